The van der Waals surface area contributed by atoms with Gasteiger partial charge in [0.1, 0.15) is 24.4 Å². The summed E-state index contributed by atoms with van der Waals surface area (Å²) in [6, 6.07) is -0.828. The highest BCUT2D eigenvalue weighted by Gasteiger charge is 2.44. The van der Waals surface area contributed by atoms with E-state index >= 15 is 0 Å². The van der Waals surface area contributed by atoms with E-state index in [9.17, 15) is 30.3 Å². The molecule has 1 aliphatic rings. The van der Waals surface area contributed by atoms with Crippen LogP contribution in [0.1, 0.15) is 245 Å². The molecule has 0 radical (unpaired) electrons. The van der Waals surface area contributed by atoms with E-state index in [1.807, 2.05) is 6.08 Å². The van der Waals surface area contributed by atoms with Crippen molar-refractivity contribution in [2.45, 2.75) is 288 Å². The van der Waals surface area contributed by atoms with Gasteiger partial charge in [0.25, 0.3) is 0 Å². The van der Waals surface area contributed by atoms with E-state index in [1.54, 1.807) is 6.08 Å². The Morgan fingerprint density at radius 2 is 0.896 bits per heavy atom. The summed E-state index contributed by atoms with van der Waals surface area (Å²) in [5.74, 6) is -0.191. The molecular weight excluding hydrogens is 839 g/mol. The van der Waals surface area contributed by atoms with Gasteiger partial charge in [-0.2, -0.15) is 0 Å². The maximum absolute atomic E-state index is 13.0. The molecule has 390 valence electrons. The Kier molecular flexibility index (Phi) is 44.7. The molecule has 0 bridgehead atoms. The summed E-state index contributed by atoms with van der Waals surface area (Å²) in [4.78, 5) is 13.0. The van der Waals surface area contributed by atoms with Crippen LogP contribution in [0, 0.1) is 0 Å². The first-order chi connectivity index (χ1) is 32.8. The summed E-state index contributed by atoms with van der Waals surface area (Å²) in [6.45, 7) is 3.71. The third-order valence-electron chi connectivity index (χ3n) is 13.0. The van der Waals surface area contributed by atoms with Crippen molar-refractivity contribution in [1.82, 2.24) is 5.32 Å². The van der Waals surface area contributed by atoms with Crippen LogP contribution in [0.2, 0.25) is 0 Å². The molecule has 0 aromatic carbocycles. The third-order valence-corrected chi connectivity index (χ3v) is 13.0. The van der Waals surface area contributed by atoms with Crippen molar-refractivity contribution in [2.24, 2.45) is 0 Å². The Bertz CT molecular complexity index is 1230. The number of carbonyl (C=O) groups excluding carboxylic acids is 1. The number of carbonyl (C=O) groups is 1. The Morgan fingerprint density at radius 1 is 0.507 bits per heavy atom. The minimum atomic E-state index is -1.57. The van der Waals surface area contributed by atoms with Crippen molar-refractivity contribution in [3.8, 4) is 0 Å². The number of nitrogens with one attached hydrogen (secondary N) is 1. The van der Waals surface area contributed by atoms with Crippen LogP contribution in [-0.2, 0) is 14.3 Å². The standard InChI is InChI=1S/C58H105NO8/c1-3-5-7-9-11-13-15-17-18-19-20-21-22-23-24-25-26-27-28-29-30-31-32-33-34-36-38-40-42-44-46-48-54(62)59-51(50-66-58-57(65)56(64)55(63)53(49-60)67-58)52(61)47-45-43-41-39-37-35-16-14-12-10-8-6-4-2/h12,14-15,17,19-20,37,39,45,47,51-53,55-58,60-61,63-65H,3-11,13,16,18,21-36,38,40-44,46,48-50H2,1-2H3,(H,59,62)/b14-12+,17-15-,20-19-,39-37+,47-45+. The van der Waals surface area contributed by atoms with Crippen LogP contribution in [0.3, 0.4) is 0 Å². The summed E-state index contributed by atoms with van der Waals surface area (Å²) in [7, 11) is 0. The molecule has 1 rings (SSSR count). The second kappa shape index (κ2) is 47.6. The number of hydrogen-bond acceptors (Lipinski definition) is 8. The van der Waals surface area contributed by atoms with E-state index in [-0.39, 0.29) is 12.5 Å². The number of rotatable bonds is 47. The molecule has 9 heteroatoms. The zero-order valence-electron chi connectivity index (χ0n) is 43.1. The van der Waals surface area contributed by atoms with E-state index < -0.39 is 49.5 Å². The zero-order chi connectivity index (χ0) is 48.7. The summed E-state index contributed by atoms with van der Waals surface area (Å²) in [5.41, 5.74) is 0. The number of allylic oxidation sites excluding steroid dienone is 9. The number of aliphatic hydroxyl groups is 5. The molecule has 1 fully saturated rings. The smallest absolute Gasteiger partial charge is 0.220 e. The molecule has 9 nitrogen and oxygen atoms in total. The summed E-state index contributed by atoms with van der Waals surface area (Å²) in [5, 5.41) is 54.3. The number of amides is 1. The van der Waals surface area contributed by atoms with E-state index in [1.165, 1.54) is 167 Å². The van der Waals surface area contributed by atoms with Crippen molar-refractivity contribution in [1.29, 1.82) is 0 Å². The van der Waals surface area contributed by atoms with E-state index in [0.717, 1.165) is 57.8 Å². The number of aliphatic hydroxyl groups excluding tert-OH is 5. The SMILES string of the molecule is CCCCC/C=C/CC/C=C/CC/C=C/C(O)C(COC1OC(CO)C(O)C(O)C1O)NC(=O)CCCCCCCCCCCCCCCCCCCCC/C=C\C/C=C\CCCCCCC. The molecule has 0 aromatic rings. The highest BCUT2D eigenvalue weighted by Crippen LogP contribution is 2.23. The van der Waals surface area contributed by atoms with Gasteiger partial charge in [0, 0.05) is 6.42 Å². The normalized spacial score (nSPS) is 20.1. The Morgan fingerprint density at radius 3 is 1.37 bits per heavy atom. The zero-order valence-corrected chi connectivity index (χ0v) is 43.1. The van der Waals surface area contributed by atoms with Crippen molar-refractivity contribution in [3.05, 3.63) is 60.8 Å². The Hall–Kier alpha value is -2.11. The fourth-order valence-electron chi connectivity index (χ4n) is 8.57. The first-order valence-electron chi connectivity index (χ1n) is 28.0. The highest BCUT2D eigenvalue weighted by atomic mass is 16.7. The van der Waals surface area contributed by atoms with Crippen molar-refractivity contribution < 1.29 is 39.8 Å². The van der Waals surface area contributed by atoms with Gasteiger partial charge in [-0.1, -0.05) is 222 Å². The molecule has 7 atom stereocenters. The Labute approximate surface area is 411 Å². The van der Waals surface area contributed by atoms with Gasteiger partial charge in [0.15, 0.2) is 6.29 Å². The van der Waals surface area contributed by atoms with Gasteiger partial charge < -0.3 is 40.3 Å². The van der Waals surface area contributed by atoms with Gasteiger partial charge in [-0.3, -0.25) is 4.79 Å². The van der Waals surface area contributed by atoms with Gasteiger partial charge in [0.2, 0.25) is 5.91 Å². The van der Waals surface area contributed by atoms with Gasteiger partial charge in [-0.25, -0.2) is 0 Å². The number of hydrogen-bond donors (Lipinski definition) is 6. The number of unbranched alkanes of at least 4 members (excludes halogenated alkanes) is 29. The summed E-state index contributed by atoms with van der Waals surface area (Å²) in [6.07, 6.45) is 57.3. The molecule has 0 aromatic heterocycles. The second-order valence-corrected chi connectivity index (χ2v) is 19.4. The van der Waals surface area contributed by atoms with Crippen molar-refractivity contribution in [2.75, 3.05) is 13.2 Å². The van der Waals surface area contributed by atoms with Crippen LogP contribution in [-0.4, -0.2) is 87.5 Å². The first kappa shape index (κ1) is 62.9. The molecule has 1 heterocycles. The van der Waals surface area contributed by atoms with Gasteiger partial charge in [-0.15, -0.1) is 0 Å². The molecule has 1 aliphatic heterocycles. The lowest BCUT2D eigenvalue weighted by atomic mass is 9.99. The van der Waals surface area contributed by atoms with Crippen molar-refractivity contribution in [3.63, 3.8) is 0 Å². The maximum Gasteiger partial charge on any atom is 0.220 e. The van der Waals surface area contributed by atoms with Crippen molar-refractivity contribution >= 4 is 5.91 Å². The monoisotopic (exact) mass is 944 g/mol. The molecule has 0 saturated carbocycles. The van der Waals surface area contributed by atoms with Crippen LogP contribution in [0.5, 0.6) is 0 Å². The fraction of sp³-hybridized carbons (Fsp3) is 0.810. The maximum atomic E-state index is 13.0. The molecule has 0 aliphatic carbocycles. The van der Waals surface area contributed by atoms with Crippen LogP contribution in [0.25, 0.3) is 0 Å². The summed E-state index contributed by atoms with van der Waals surface area (Å²) < 4.78 is 11.2. The molecular formula is C58H105NO8. The van der Waals surface area contributed by atoms with E-state index in [4.69, 9.17) is 9.47 Å². The lowest BCUT2D eigenvalue weighted by Crippen LogP contribution is -2.60. The predicted octanol–water partition coefficient (Wildman–Crippen LogP) is 13.5. The second-order valence-electron chi connectivity index (χ2n) is 19.4. The van der Waals surface area contributed by atoms with Crippen LogP contribution in [0.4, 0.5) is 0 Å². The molecule has 1 saturated heterocycles. The first-order valence-corrected chi connectivity index (χ1v) is 28.0. The molecule has 67 heavy (non-hydrogen) atoms. The van der Waals surface area contributed by atoms with Crippen LogP contribution >= 0.6 is 0 Å². The Balaban J connectivity index is 2.15. The third kappa shape index (κ3) is 37.4. The molecule has 1 amide bonds. The molecule has 0 spiro atoms. The lowest BCUT2D eigenvalue weighted by Gasteiger charge is -2.40. The number of ether oxygens (including phenoxy) is 2. The van der Waals surface area contributed by atoms with E-state index in [2.05, 4.69) is 67.8 Å². The average Bonchev–Trinajstić information content (AvgIpc) is 3.33. The predicted molar refractivity (Wildman–Crippen MR) is 281 cm³/mol. The topological polar surface area (TPSA) is 149 Å². The summed E-state index contributed by atoms with van der Waals surface area (Å²) >= 11 is 0. The van der Waals surface area contributed by atoms with Gasteiger partial charge >= 0.3 is 0 Å². The van der Waals surface area contributed by atoms with Gasteiger partial charge in [0.05, 0.1) is 25.4 Å². The average molecular weight is 944 g/mol. The van der Waals surface area contributed by atoms with Crippen LogP contribution in [0.15, 0.2) is 60.8 Å². The van der Waals surface area contributed by atoms with Gasteiger partial charge in [-0.05, 0) is 77.0 Å². The largest absolute Gasteiger partial charge is 0.394 e. The molecule has 7 unspecified atom stereocenters. The van der Waals surface area contributed by atoms with Crippen LogP contribution < -0.4 is 5.32 Å². The minimum Gasteiger partial charge on any atom is -0.394 e. The fourth-order valence-corrected chi connectivity index (χ4v) is 8.57. The lowest BCUT2D eigenvalue weighted by molar-refractivity contribution is -0.302. The quantitative estimate of drug-likeness (QED) is 0.0261. The highest BCUT2D eigenvalue weighted by molar-refractivity contribution is 5.76. The minimum absolute atomic E-state index is 0.191. The van der Waals surface area contributed by atoms with E-state index in [0.29, 0.717) is 6.42 Å². The molecule has 6 N–H and O–H groups in total.